The zero-order valence-corrected chi connectivity index (χ0v) is 34.8. The van der Waals surface area contributed by atoms with Gasteiger partial charge in [0.15, 0.2) is 0 Å². The highest BCUT2D eigenvalue weighted by Gasteiger charge is 2.55. The van der Waals surface area contributed by atoms with Gasteiger partial charge in [-0.2, -0.15) is 0 Å². The molecule has 1 spiro atoms. The number of carbonyl (C=O) groups is 3. The fourth-order valence-electron chi connectivity index (χ4n) is 7.43. The summed E-state index contributed by atoms with van der Waals surface area (Å²) >= 11 is 0. The van der Waals surface area contributed by atoms with Crippen LogP contribution in [0.4, 0.5) is 10.6 Å². The van der Waals surface area contributed by atoms with E-state index in [2.05, 4.69) is 9.88 Å². The van der Waals surface area contributed by atoms with Gasteiger partial charge in [0.05, 0.1) is 33.6 Å². The molecule has 3 amide bonds. The van der Waals surface area contributed by atoms with Crippen LogP contribution in [-0.2, 0) is 32.5 Å². The van der Waals surface area contributed by atoms with Crippen LogP contribution in [0.5, 0.6) is 0 Å². The Bertz CT molecular complexity index is 2300. The second-order valence-corrected chi connectivity index (χ2v) is 19.4. The van der Waals surface area contributed by atoms with E-state index in [1.165, 1.54) is 0 Å². The first kappa shape index (κ1) is 39.7. The first-order valence-corrected chi connectivity index (χ1v) is 20.5. The Balaban J connectivity index is 1.32. The lowest BCUT2D eigenvalue weighted by Gasteiger charge is -2.43. The van der Waals surface area contributed by atoms with Crippen molar-refractivity contribution in [3.05, 3.63) is 71.5 Å². The maximum Gasteiger partial charge on any atom is 0.477 e. The number of benzene rings is 2. The highest BCUT2D eigenvalue weighted by atomic mass is 31.2. The number of phosphoric acid groups is 1. The van der Waals surface area contributed by atoms with Crippen molar-refractivity contribution in [3.8, 4) is 0 Å². The first-order chi connectivity index (χ1) is 26.1. The van der Waals surface area contributed by atoms with E-state index in [-0.39, 0.29) is 22.8 Å². The molecular formula is C42H52N5O8P. The number of pyridine rings is 1. The van der Waals surface area contributed by atoms with Crippen LogP contribution in [0.25, 0.3) is 32.8 Å². The molecule has 1 aliphatic carbocycles. The summed E-state index contributed by atoms with van der Waals surface area (Å²) in [6.07, 6.45) is 3.08. The summed E-state index contributed by atoms with van der Waals surface area (Å²) < 4.78 is 37.3. The number of rotatable bonds is 8. The lowest BCUT2D eigenvalue weighted by molar-refractivity contribution is -0.140. The third-order valence-electron chi connectivity index (χ3n) is 9.86. The number of para-hydroxylation sites is 1. The fraction of sp³-hybridized carbons (Fsp3) is 0.476. The molecule has 2 aliphatic heterocycles. The highest BCUT2D eigenvalue weighted by molar-refractivity contribution is 7.48. The predicted octanol–water partition coefficient (Wildman–Crippen LogP) is 8.61. The van der Waals surface area contributed by atoms with Crippen LogP contribution in [0.3, 0.4) is 0 Å². The van der Waals surface area contributed by atoms with Gasteiger partial charge in [0, 0.05) is 47.7 Å². The summed E-state index contributed by atoms with van der Waals surface area (Å²) in [6.45, 7) is 18.6. The van der Waals surface area contributed by atoms with Gasteiger partial charge in [-0.3, -0.25) is 28.1 Å². The van der Waals surface area contributed by atoms with E-state index in [4.69, 9.17) is 23.3 Å². The van der Waals surface area contributed by atoms with E-state index in [0.717, 1.165) is 39.6 Å². The molecular weight excluding hydrogens is 733 g/mol. The van der Waals surface area contributed by atoms with Gasteiger partial charge in [-0.05, 0) is 99.1 Å². The molecule has 298 valence electrons. The largest absolute Gasteiger partial charge is 0.477 e. The standard InChI is InChI=1S/C42H52N5O8P/c1-26-14-13-17-29-30(23-43-34(26)29)32-33(37(49)46(36(32)48)25-52-56(51,54-40(5,6)7)55-41(8,9)10)35-28-16-12-11-15-27(28)22-31(44-35)45-20-21-47(42(24-45)18-19-42)38(50)53-39(2,3)4/h11-17,22-23,43H,18-21,24-25H2,1-10H3. The van der Waals surface area contributed by atoms with Gasteiger partial charge in [-0.1, -0.05) is 42.5 Å². The molecule has 1 N–H and O–H groups in total. The van der Waals surface area contributed by atoms with Crippen molar-refractivity contribution in [1.29, 1.82) is 0 Å². The number of piperazine rings is 1. The number of aromatic nitrogens is 2. The van der Waals surface area contributed by atoms with Gasteiger partial charge in [-0.25, -0.2) is 19.2 Å². The third kappa shape index (κ3) is 7.87. The van der Waals surface area contributed by atoms with Crippen molar-refractivity contribution in [2.45, 2.75) is 104 Å². The van der Waals surface area contributed by atoms with Crippen molar-refractivity contribution in [2.75, 3.05) is 31.3 Å². The van der Waals surface area contributed by atoms with Crippen molar-refractivity contribution in [3.63, 3.8) is 0 Å². The number of H-pyrrole nitrogens is 1. The molecule has 14 heteroatoms. The summed E-state index contributed by atoms with van der Waals surface area (Å²) in [4.78, 5) is 56.3. The number of hydrogen-bond donors (Lipinski definition) is 1. The molecule has 1 saturated carbocycles. The molecule has 0 atom stereocenters. The Kier molecular flexibility index (Phi) is 9.80. The number of carbonyl (C=O) groups excluding carboxylic acids is 3. The second-order valence-electron chi connectivity index (χ2n) is 17.9. The van der Waals surface area contributed by atoms with Gasteiger partial charge in [-0.15, -0.1) is 0 Å². The lowest BCUT2D eigenvalue weighted by atomic mass is 9.95. The van der Waals surface area contributed by atoms with Crippen LogP contribution in [-0.4, -0.2) is 86.4 Å². The quantitative estimate of drug-likeness (QED) is 0.136. The summed E-state index contributed by atoms with van der Waals surface area (Å²) in [7, 11) is -4.31. The molecule has 13 nitrogen and oxygen atoms in total. The van der Waals surface area contributed by atoms with E-state index < -0.39 is 43.2 Å². The summed E-state index contributed by atoms with van der Waals surface area (Å²) in [5, 5.41) is 2.26. The molecule has 4 aromatic rings. The number of phosphoric ester groups is 1. The number of ether oxygens (including phenoxy) is 1. The molecule has 1 saturated heterocycles. The van der Waals surface area contributed by atoms with E-state index in [9.17, 15) is 18.9 Å². The molecule has 0 bridgehead atoms. The SMILES string of the molecule is Cc1cccc2c(C3=C(c4nc(N5CCN(C(=O)OC(C)(C)C)C6(CC6)C5)cc5ccccc45)C(=O)N(COP(=O)(OC(C)(C)C)OC(C)(C)C)C3=O)c[nH]c12. The Morgan fingerprint density at radius 2 is 1.50 bits per heavy atom. The molecule has 4 heterocycles. The maximum atomic E-state index is 14.9. The summed E-state index contributed by atoms with van der Waals surface area (Å²) in [6, 6.07) is 15.4. The average molecular weight is 786 g/mol. The number of hydrogen-bond acceptors (Lipinski definition) is 10. The number of imide groups is 1. The zero-order valence-electron chi connectivity index (χ0n) is 33.9. The van der Waals surface area contributed by atoms with Gasteiger partial charge >= 0.3 is 13.9 Å². The second kappa shape index (κ2) is 13.8. The average Bonchev–Trinajstić information content (AvgIpc) is 3.60. The minimum atomic E-state index is -4.31. The lowest BCUT2D eigenvalue weighted by Crippen LogP contribution is -2.58. The van der Waals surface area contributed by atoms with Crippen LogP contribution >= 0.6 is 7.82 Å². The van der Waals surface area contributed by atoms with E-state index >= 15 is 0 Å². The summed E-state index contributed by atoms with van der Waals surface area (Å²) in [5.41, 5.74) is 0.0218. The number of nitrogens with zero attached hydrogens (tertiary/aromatic N) is 4. The molecule has 0 radical (unpaired) electrons. The van der Waals surface area contributed by atoms with Crippen molar-refractivity contribution in [2.24, 2.45) is 0 Å². The number of nitrogens with one attached hydrogen (secondary N) is 1. The van der Waals surface area contributed by atoms with Gasteiger partial charge < -0.3 is 14.6 Å². The van der Waals surface area contributed by atoms with E-state index in [0.29, 0.717) is 42.1 Å². The van der Waals surface area contributed by atoms with Gasteiger partial charge in [0.1, 0.15) is 18.1 Å². The minimum Gasteiger partial charge on any atom is -0.444 e. The van der Waals surface area contributed by atoms with E-state index in [1.54, 1.807) is 47.7 Å². The maximum absolute atomic E-state index is 14.9. The molecule has 7 rings (SSSR count). The smallest absolute Gasteiger partial charge is 0.444 e. The number of aromatic amines is 1. The number of aryl methyl sites for hydroxylation is 1. The van der Waals surface area contributed by atoms with Crippen molar-refractivity contribution in [1.82, 2.24) is 19.8 Å². The molecule has 3 aliphatic rings. The normalized spacial score (nSPS) is 17.9. The van der Waals surface area contributed by atoms with Crippen LogP contribution < -0.4 is 4.90 Å². The van der Waals surface area contributed by atoms with Crippen LogP contribution in [0.2, 0.25) is 0 Å². The van der Waals surface area contributed by atoms with E-state index in [1.807, 2.05) is 81.1 Å². The van der Waals surface area contributed by atoms with Crippen LogP contribution in [0, 0.1) is 6.92 Å². The van der Waals surface area contributed by atoms with Crippen LogP contribution in [0.15, 0.2) is 54.7 Å². The number of fused-ring (bicyclic) bond motifs is 2. The Labute approximate surface area is 327 Å². The van der Waals surface area contributed by atoms with Crippen molar-refractivity contribution >= 4 is 64.4 Å². The van der Waals surface area contributed by atoms with Gasteiger partial charge in [0.25, 0.3) is 11.8 Å². The van der Waals surface area contributed by atoms with Crippen molar-refractivity contribution < 1.29 is 37.3 Å². The molecule has 2 aromatic carbocycles. The predicted molar refractivity (Wildman–Crippen MR) is 216 cm³/mol. The fourth-order valence-corrected chi connectivity index (χ4v) is 9.17. The molecule has 0 unspecified atom stereocenters. The minimum absolute atomic E-state index is 0.0934. The molecule has 2 fully saturated rings. The highest BCUT2D eigenvalue weighted by Crippen LogP contribution is 2.56. The third-order valence-corrected chi connectivity index (χ3v) is 11.8. The topological polar surface area (TPSA) is 144 Å². The monoisotopic (exact) mass is 785 g/mol. The summed E-state index contributed by atoms with van der Waals surface area (Å²) in [5.74, 6) is -0.676. The van der Waals surface area contributed by atoms with Gasteiger partial charge in [0.2, 0.25) is 0 Å². The molecule has 2 aromatic heterocycles. The molecule has 56 heavy (non-hydrogen) atoms. The number of amides is 3. The zero-order chi connectivity index (χ0) is 40.6. The Morgan fingerprint density at radius 1 is 0.857 bits per heavy atom. The van der Waals surface area contributed by atoms with Crippen LogP contribution in [0.1, 0.15) is 92.0 Å². The Hall–Kier alpha value is -4.55. The number of anilines is 1. The first-order valence-electron chi connectivity index (χ1n) is 19.1. The Morgan fingerprint density at radius 3 is 2.14 bits per heavy atom.